The van der Waals surface area contributed by atoms with Crippen LogP contribution < -0.4 is 0 Å². The third-order valence-electron chi connectivity index (χ3n) is 9.79. The maximum Gasteiger partial charge on any atom is 0.164 e. The molecule has 3 aromatic heterocycles. The normalized spacial score (nSPS) is 14.3. The van der Waals surface area contributed by atoms with E-state index in [4.69, 9.17) is 34.8 Å². The second kappa shape index (κ2) is 13.0. The van der Waals surface area contributed by atoms with E-state index in [1.807, 2.05) is 121 Å². The largest absolute Gasteiger partial charge is 0.456 e. The topological polar surface area (TPSA) is 65.0 Å². The van der Waals surface area contributed by atoms with Crippen molar-refractivity contribution in [1.82, 2.24) is 15.0 Å². The molecule has 0 spiro atoms. The minimum atomic E-state index is -0.693. The maximum atomic E-state index is 9.63. The van der Waals surface area contributed by atoms with Crippen molar-refractivity contribution in [3.05, 3.63) is 188 Å². The molecule has 5 nitrogen and oxygen atoms in total. The lowest BCUT2D eigenvalue weighted by Crippen LogP contribution is -2.01. The summed E-state index contributed by atoms with van der Waals surface area (Å²) in [7, 11) is 0. The Morgan fingerprint density at radius 1 is 0.357 bits per heavy atom. The standard InChI is InChI=1S/C51H31N3O2/c1-3-12-32(13-4-1)33-22-24-35(25-23-33)49-52-50(37-27-29-43-47(31-37)56-45-21-11-19-39(48(43)45)34-14-5-2-6-15-34)54-51(53-49)42-18-8-7-16-38(42)36-26-28-41-40-17-9-10-20-44(40)55-46(41)30-36/h1-31H/i2D,5D,6D,11D,14D,15D,19D,21D,27D,29D,31D. The van der Waals surface area contributed by atoms with Crippen LogP contribution in [0.1, 0.15) is 15.1 Å². The molecule has 0 amide bonds. The van der Waals surface area contributed by atoms with Crippen molar-refractivity contribution in [2.45, 2.75) is 0 Å². The third kappa shape index (κ3) is 5.45. The van der Waals surface area contributed by atoms with Gasteiger partial charge in [-0.2, -0.15) is 0 Å². The Morgan fingerprint density at radius 2 is 1.02 bits per heavy atom. The Balaban J connectivity index is 1.16. The Hall–Kier alpha value is -7.63. The summed E-state index contributed by atoms with van der Waals surface area (Å²) in [4.78, 5) is 14.8. The molecule has 0 saturated carbocycles. The minimum absolute atomic E-state index is 0.139. The van der Waals surface area contributed by atoms with Crippen LogP contribution in [0, 0.1) is 0 Å². The van der Waals surface area contributed by atoms with Gasteiger partial charge in [0.25, 0.3) is 0 Å². The Morgan fingerprint density at radius 3 is 1.88 bits per heavy atom. The third-order valence-corrected chi connectivity index (χ3v) is 9.79. The number of furan rings is 2. The SMILES string of the molecule is [2H]c1c([2H])c([2H])c(-c2c([2H])c([2H])c([2H])c3oc4c([2H])c(-c5nc(-c6ccc(-c7ccccc7)cc6)nc(-c6ccccc6-c6ccc7c(c6)oc6ccccc67)n5)c([2H])c([2H])c4c23)c([2H])c1[2H]. The Kier molecular flexibility index (Phi) is 5.25. The van der Waals surface area contributed by atoms with Crippen molar-refractivity contribution >= 4 is 43.9 Å². The number of hydrogen-bond acceptors (Lipinski definition) is 5. The lowest BCUT2D eigenvalue weighted by Gasteiger charge is -2.12. The van der Waals surface area contributed by atoms with Crippen LogP contribution in [0.3, 0.4) is 0 Å². The zero-order valence-corrected chi connectivity index (χ0v) is 29.2. The highest BCUT2D eigenvalue weighted by Gasteiger charge is 2.19. The van der Waals surface area contributed by atoms with Crippen molar-refractivity contribution in [2.75, 3.05) is 0 Å². The molecule has 0 aliphatic carbocycles. The first-order chi connectivity index (χ1) is 32.3. The number of nitrogens with zero attached hydrogens (tertiary/aromatic N) is 3. The summed E-state index contributed by atoms with van der Waals surface area (Å²) in [5, 5.41) is 1.52. The van der Waals surface area contributed by atoms with E-state index in [1.54, 1.807) is 0 Å². The fourth-order valence-electron chi connectivity index (χ4n) is 7.13. The van der Waals surface area contributed by atoms with Crippen molar-refractivity contribution in [1.29, 1.82) is 0 Å². The van der Waals surface area contributed by atoms with Crippen LogP contribution >= 0.6 is 0 Å². The van der Waals surface area contributed by atoms with Crippen molar-refractivity contribution in [3.8, 4) is 67.5 Å². The summed E-state index contributed by atoms with van der Waals surface area (Å²) in [6, 6.07) is 31.9. The van der Waals surface area contributed by atoms with Crippen molar-refractivity contribution in [3.63, 3.8) is 0 Å². The molecule has 0 aliphatic heterocycles. The van der Waals surface area contributed by atoms with E-state index in [0.29, 0.717) is 16.7 Å². The van der Waals surface area contributed by atoms with Crippen LogP contribution in [0.25, 0.3) is 111 Å². The average molecular weight is 729 g/mol. The predicted molar refractivity (Wildman–Crippen MR) is 227 cm³/mol. The zero-order chi connectivity index (χ0) is 46.6. The summed E-state index contributed by atoms with van der Waals surface area (Å²) >= 11 is 0. The zero-order valence-electron chi connectivity index (χ0n) is 40.2. The second-order valence-corrected chi connectivity index (χ2v) is 13.1. The number of hydrogen-bond donors (Lipinski definition) is 0. The van der Waals surface area contributed by atoms with Crippen LogP contribution in [-0.2, 0) is 0 Å². The first kappa shape index (κ1) is 22.6. The van der Waals surface area contributed by atoms with E-state index in [1.165, 1.54) is 0 Å². The van der Waals surface area contributed by atoms with Gasteiger partial charge in [0.1, 0.15) is 22.3 Å². The van der Waals surface area contributed by atoms with Crippen molar-refractivity contribution in [2.24, 2.45) is 0 Å². The van der Waals surface area contributed by atoms with Gasteiger partial charge in [-0.25, -0.2) is 15.0 Å². The van der Waals surface area contributed by atoms with Gasteiger partial charge in [0.2, 0.25) is 0 Å². The fourth-order valence-corrected chi connectivity index (χ4v) is 7.13. The highest BCUT2D eigenvalue weighted by molar-refractivity contribution is 6.13. The molecule has 0 unspecified atom stereocenters. The Bertz CT molecular complexity index is 3860. The number of benzene rings is 8. The molecular formula is C51H31N3O2. The van der Waals surface area contributed by atoms with Gasteiger partial charge in [-0.1, -0.05) is 151 Å². The van der Waals surface area contributed by atoms with Gasteiger partial charge < -0.3 is 8.83 Å². The van der Waals surface area contributed by atoms with E-state index in [9.17, 15) is 4.11 Å². The summed E-state index contributed by atoms with van der Waals surface area (Å²) in [5.74, 6) is 0.253. The number of fused-ring (bicyclic) bond motifs is 6. The van der Waals surface area contributed by atoms with Gasteiger partial charge in [0, 0.05) is 38.2 Å². The lowest BCUT2D eigenvalue weighted by molar-refractivity contribution is 0.668. The summed E-state index contributed by atoms with van der Waals surface area (Å²) in [6.45, 7) is 0. The molecule has 56 heavy (non-hydrogen) atoms. The molecule has 0 radical (unpaired) electrons. The molecule has 11 aromatic rings. The van der Waals surface area contributed by atoms with Gasteiger partial charge in [0.15, 0.2) is 17.5 Å². The molecule has 0 aliphatic rings. The molecule has 0 fully saturated rings. The predicted octanol–water partition coefficient (Wildman–Crippen LogP) is 13.7. The molecule has 3 heterocycles. The lowest BCUT2D eigenvalue weighted by atomic mass is 9.97. The first-order valence-electron chi connectivity index (χ1n) is 23.3. The van der Waals surface area contributed by atoms with Gasteiger partial charge in [-0.05, 0) is 69.7 Å². The van der Waals surface area contributed by atoms with Crippen LogP contribution in [-0.4, -0.2) is 15.0 Å². The number of rotatable bonds is 6. The van der Waals surface area contributed by atoms with E-state index >= 15 is 0 Å². The molecule has 5 heteroatoms. The smallest absolute Gasteiger partial charge is 0.164 e. The van der Waals surface area contributed by atoms with Crippen LogP contribution in [0.5, 0.6) is 0 Å². The first-order valence-corrected chi connectivity index (χ1v) is 17.8. The van der Waals surface area contributed by atoms with Crippen LogP contribution in [0.15, 0.2) is 197 Å². The second-order valence-electron chi connectivity index (χ2n) is 13.1. The van der Waals surface area contributed by atoms with E-state index in [2.05, 4.69) is 0 Å². The quantitative estimate of drug-likeness (QED) is 0.171. The molecule has 0 saturated heterocycles. The molecule has 262 valence electrons. The van der Waals surface area contributed by atoms with Gasteiger partial charge in [-0.3, -0.25) is 0 Å². The van der Waals surface area contributed by atoms with E-state index in [-0.39, 0.29) is 50.5 Å². The average Bonchev–Trinajstić information content (AvgIpc) is 3.94. The van der Waals surface area contributed by atoms with Gasteiger partial charge in [0.05, 0.1) is 15.1 Å². The summed E-state index contributed by atoms with van der Waals surface area (Å²) in [5.41, 5.74) is 4.45. The summed E-state index contributed by atoms with van der Waals surface area (Å²) in [6.07, 6.45) is 0. The van der Waals surface area contributed by atoms with Gasteiger partial charge in [-0.15, -0.1) is 0 Å². The van der Waals surface area contributed by atoms with Gasteiger partial charge >= 0.3 is 0 Å². The number of aromatic nitrogens is 3. The Labute approximate surface area is 337 Å². The monoisotopic (exact) mass is 728 g/mol. The molecular weight excluding hydrogens is 687 g/mol. The maximum absolute atomic E-state index is 9.63. The minimum Gasteiger partial charge on any atom is -0.456 e. The number of para-hydroxylation sites is 1. The summed E-state index contributed by atoms with van der Waals surface area (Å²) < 4.78 is 110. The molecule has 0 atom stereocenters. The molecule has 0 bridgehead atoms. The van der Waals surface area contributed by atoms with E-state index < -0.39 is 72.0 Å². The molecule has 11 rings (SSSR count). The molecule has 0 N–H and O–H groups in total. The highest BCUT2D eigenvalue weighted by atomic mass is 16.3. The highest BCUT2D eigenvalue weighted by Crippen LogP contribution is 2.40. The van der Waals surface area contributed by atoms with Crippen LogP contribution in [0.2, 0.25) is 0 Å². The fraction of sp³-hybridized carbons (Fsp3) is 0. The van der Waals surface area contributed by atoms with E-state index in [0.717, 1.165) is 38.6 Å². The van der Waals surface area contributed by atoms with Crippen LogP contribution in [0.4, 0.5) is 0 Å². The molecule has 8 aromatic carbocycles. The van der Waals surface area contributed by atoms with Crippen molar-refractivity contribution < 1.29 is 23.9 Å².